The molecule has 114 valence electrons. The first-order valence-corrected chi connectivity index (χ1v) is 7.48. The van der Waals surface area contributed by atoms with Crippen molar-refractivity contribution in [2.45, 2.75) is 32.6 Å². The Bertz CT molecular complexity index is 556. The average molecular weight is 310 g/mol. The Morgan fingerprint density at radius 2 is 2.10 bits per heavy atom. The number of nitrogens with one attached hydrogen (secondary N) is 1. The van der Waals surface area contributed by atoms with E-state index in [1.54, 1.807) is 19.2 Å². The summed E-state index contributed by atoms with van der Waals surface area (Å²) < 4.78 is 5.38. The molecule has 0 spiro atoms. The zero-order chi connectivity index (χ0) is 15.6. The zero-order valence-corrected chi connectivity index (χ0v) is 13.2. The van der Waals surface area contributed by atoms with Crippen LogP contribution in [-0.4, -0.2) is 18.9 Å². The molecule has 0 saturated carbocycles. The number of benzene rings is 1. The highest BCUT2D eigenvalue weighted by Gasteiger charge is 2.39. The lowest BCUT2D eigenvalue weighted by atomic mass is 9.76. The molecule has 21 heavy (non-hydrogen) atoms. The highest BCUT2D eigenvalue weighted by atomic mass is 35.5. The molecule has 1 aliphatic heterocycles. The summed E-state index contributed by atoms with van der Waals surface area (Å²) in [6.45, 7) is 4.12. The van der Waals surface area contributed by atoms with Crippen LogP contribution in [0.5, 0.6) is 5.75 Å². The van der Waals surface area contributed by atoms with Crippen molar-refractivity contribution in [2.75, 3.05) is 7.11 Å². The summed E-state index contributed by atoms with van der Waals surface area (Å²) in [6.07, 6.45) is 0.960. The Morgan fingerprint density at radius 1 is 1.38 bits per heavy atom. The first kappa shape index (κ1) is 15.8. The molecule has 2 rings (SSSR count). The second-order valence-corrected chi connectivity index (χ2v) is 6.22. The van der Waals surface area contributed by atoms with Crippen LogP contribution in [0, 0.1) is 11.8 Å². The number of carbonyl (C=O) groups excluding carboxylic acids is 2. The number of imide groups is 1. The van der Waals surface area contributed by atoms with Gasteiger partial charge in [0.2, 0.25) is 11.8 Å². The molecule has 2 atom stereocenters. The van der Waals surface area contributed by atoms with Crippen LogP contribution in [0.4, 0.5) is 0 Å². The van der Waals surface area contributed by atoms with Crippen molar-refractivity contribution < 1.29 is 14.3 Å². The maximum Gasteiger partial charge on any atom is 0.230 e. The quantitative estimate of drug-likeness (QED) is 0.869. The van der Waals surface area contributed by atoms with E-state index >= 15 is 0 Å². The summed E-state index contributed by atoms with van der Waals surface area (Å²) in [5, 5.41) is 2.97. The molecular weight excluding hydrogens is 290 g/mol. The number of amides is 2. The Hall–Kier alpha value is -1.55. The molecule has 4 nitrogen and oxygen atoms in total. The molecule has 2 unspecified atom stereocenters. The molecule has 5 heteroatoms. The maximum atomic E-state index is 12.2. The Labute approximate surface area is 129 Å². The maximum absolute atomic E-state index is 12.2. The van der Waals surface area contributed by atoms with Crippen LogP contribution in [0.2, 0.25) is 5.02 Å². The topological polar surface area (TPSA) is 55.4 Å². The van der Waals surface area contributed by atoms with E-state index in [2.05, 4.69) is 19.2 Å². The first-order chi connectivity index (χ1) is 9.93. The van der Waals surface area contributed by atoms with Crippen molar-refractivity contribution in [1.29, 1.82) is 0 Å². The van der Waals surface area contributed by atoms with Gasteiger partial charge in [0, 0.05) is 28.8 Å². The predicted molar refractivity (Wildman–Crippen MR) is 81.5 cm³/mol. The average Bonchev–Trinajstić information content (AvgIpc) is 2.41. The minimum Gasteiger partial charge on any atom is -0.496 e. The number of hydrogen-bond acceptors (Lipinski definition) is 3. The molecule has 0 aromatic heterocycles. The second kappa shape index (κ2) is 6.48. The number of piperidine rings is 1. The molecule has 1 heterocycles. The summed E-state index contributed by atoms with van der Waals surface area (Å²) in [7, 11) is 1.57. The third-order valence-electron chi connectivity index (χ3n) is 3.82. The van der Waals surface area contributed by atoms with E-state index in [1.807, 2.05) is 6.07 Å². The SMILES string of the molecule is COc1cccc(Cl)c1C1CC(=O)NC(=O)C1CC(C)C. The Kier molecular flexibility index (Phi) is 4.88. The van der Waals surface area contributed by atoms with Gasteiger partial charge in [-0.1, -0.05) is 31.5 Å². The van der Waals surface area contributed by atoms with Crippen LogP contribution in [0.15, 0.2) is 18.2 Å². The molecule has 0 radical (unpaired) electrons. The predicted octanol–water partition coefficient (Wildman–Crippen LogP) is 3.14. The van der Waals surface area contributed by atoms with Gasteiger partial charge in [0.05, 0.1) is 7.11 Å². The van der Waals surface area contributed by atoms with E-state index in [0.29, 0.717) is 23.1 Å². The summed E-state index contributed by atoms with van der Waals surface area (Å²) in [5.41, 5.74) is 0.760. The number of halogens is 1. The number of ether oxygens (including phenoxy) is 1. The molecule has 0 aliphatic carbocycles. The lowest BCUT2D eigenvalue weighted by Crippen LogP contribution is -2.45. The smallest absolute Gasteiger partial charge is 0.230 e. The van der Waals surface area contributed by atoms with Gasteiger partial charge in [-0.2, -0.15) is 0 Å². The van der Waals surface area contributed by atoms with Gasteiger partial charge in [0.15, 0.2) is 0 Å². The monoisotopic (exact) mass is 309 g/mol. The zero-order valence-electron chi connectivity index (χ0n) is 12.5. The van der Waals surface area contributed by atoms with Crippen LogP contribution in [0.3, 0.4) is 0 Å². The summed E-state index contributed by atoms with van der Waals surface area (Å²) >= 11 is 6.32. The summed E-state index contributed by atoms with van der Waals surface area (Å²) in [6, 6.07) is 5.38. The molecule has 1 saturated heterocycles. The third kappa shape index (κ3) is 3.38. The van der Waals surface area contributed by atoms with Crippen molar-refractivity contribution in [1.82, 2.24) is 5.32 Å². The van der Waals surface area contributed by atoms with E-state index in [-0.39, 0.29) is 30.1 Å². The fraction of sp³-hybridized carbons (Fsp3) is 0.500. The van der Waals surface area contributed by atoms with Gasteiger partial charge >= 0.3 is 0 Å². The van der Waals surface area contributed by atoms with Gasteiger partial charge in [-0.05, 0) is 24.5 Å². The van der Waals surface area contributed by atoms with E-state index in [9.17, 15) is 9.59 Å². The van der Waals surface area contributed by atoms with Crippen LogP contribution < -0.4 is 10.1 Å². The lowest BCUT2D eigenvalue weighted by Gasteiger charge is -2.32. The number of rotatable bonds is 4. The first-order valence-electron chi connectivity index (χ1n) is 7.10. The van der Waals surface area contributed by atoms with E-state index < -0.39 is 0 Å². The Morgan fingerprint density at radius 3 is 2.71 bits per heavy atom. The molecule has 1 aliphatic rings. The Balaban J connectivity index is 2.46. The van der Waals surface area contributed by atoms with Crippen molar-refractivity contribution in [3.8, 4) is 5.75 Å². The normalized spacial score (nSPS) is 22.3. The molecular formula is C16H20ClNO3. The number of methoxy groups -OCH3 is 1. The fourth-order valence-electron chi connectivity index (χ4n) is 2.94. The van der Waals surface area contributed by atoms with Gasteiger partial charge in [-0.3, -0.25) is 14.9 Å². The number of carbonyl (C=O) groups is 2. The minimum atomic E-state index is -0.267. The minimum absolute atomic E-state index is 0.216. The van der Waals surface area contributed by atoms with Gasteiger partial charge in [-0.15, -0.1) is 0 Å². The van der Waals surface area contributed by atoms with Gasteiger partial charge < -0.3 is 4.74 Å². The molecule has 0 bridgehead atoms. The number of hydrogen-bond donors (Lipinski definition) is 1. The van der Waals surface area contributed by atoms with Gasteiger partial charge in [-0.25, -0.2) is 0 Å². The standard InChI is InChI=1S/C16H20ClNO3/c1-9(2)7-11-10(8-14(19)18-16(11)20)15-12(17)5-4-6-13(15)21-3/h4-6,9-11H,7-8H2,1-3H3,(H,18,19,20). The largest absolute Gasteiger partial charge is 0.496 e. The summed E-state index contributed by atoms with van der Waals surface area (Å²) in [4.78, 5) is 24.0. The third-order valence-corrected chi connectivity index (χ3v) is 4.15. The van der Waals surface area contributed by atoms with E-state index in [0.717, 1.165) is 5.56 Å². The highest BCUT2D eigenvalue weighted by Crippen LogP contribution is 2.42. The highest BCUT2D eigenvalue weighted by molar-refractivity contribution is 6.31. The van der Waals surface area contributed by atoms with Crippen LogP contribution in [-0.2, 0) is 9.59 Å². The molecule has 1 aromatic carbocycles. The van der Waals surface area contributed by atoms with E-state index in [1.165, 1.54) is 0 Å². The van der Waals surface area contributed by atoms with Crippen LogP contribution >= 0.6 is 11.6 Å². The second-order valence-electron chi connectivity index (χ2n) is 5.81. The van der Waals surface area contributed by atoms with Crippen LogP contribution in [0.1, 0.15) is 38.2 Å². The molecule has 1 aromatic rings. The van der Waals surface area contributed by atoms with Crippen molar-refractivity contribution in [3.63, 3.8) is 0 Å². The van der Waals surface area contributed by atoms with Crippen molar-refractivity contribution in [3.05, 3.63) is 28.8 Å². The fourth-order valence-corrected chi connectivity index (χ4v) is 3.25. The molecule has 1 N–H and O–H groups in total. The molecule has 1 fully saturated rings. The van der Waals surface area contributed by atoms with Crippen molar-refractivity contribution in [2.24, 2.45) is 11.8 Å². The lowest BCUT2D eigenvalue weighted by molar-refractivity contribution is -0.137. The van der Waals surface area contributed by atoms with Gasteiger partial charge in [0.25, 0.3) is 0 Å². The molecule has 2 amide bonds. The van der Waals surface area contributed by atoms with Gasteiger partial charge in [0.1, 0.15) is 5.75 Å². The van der Waals surface area contributed by atoms with Crippen LogP contribution in [0.25, 0.3) is 0 Å². The van der Waals surface area contributed by atoms with Crippen molar-refractivity contribution >= 4 is 23.4 Å². The van der Waals surface area contributed by atoms with E-state index in [4.69, 9.17) is 16.3 Å². The summed E-state index contributed by atoms with van der Waals surface area (Å²) in [5.74, 6) is 0.00129.